The lowest BCUT2D eigenvalue weighted by Gasteiger charge is -2.11. The van der Waals surface area contributed by atoms with Crippen LogP contribution < -0.4 is 5.32 Å². The van der Waals surface area contributed by atoms with E-state index >= 15 is 0 Å². The Morgan fingerprint density at radius 2 is 2.05 bits per heavy atom. The third kappa shape index (κ3) is 3.86. The summed E-state index contributed by atoms with van der Waals surface area (Å²) in [6.07, 6.45) is 5.99. The summed E-state index contributed by atoms with van der Waals surface area (Å²) in [7, 11) is 0. The number of nitrogens with one attached hydrogen (secondary N) is 1. The van der Waals surface area contributed by atoms with E-state index < -0.39 is 0 Å². The number of benzene rings is 1. The van der Waals surface area contributed by atoms with E-state index in [0.29, 0.717) is 0 Å². The predicted molar refractivity (Wildman–Crippen MR) is 88.0 cm³/mol. The van der Waals surface area contributed by atoms with Gasteiger partial charge < -0.3 is 9.88 Å². The van der Waals surface area contributed by atoms with Crippen molar-refractivity contribution in [3.63, 3.8) is 0 Å². The van der Waals surface area contributed by atoms with Gasteiger partial charge in [0.1, 0.15) is 0 Å². The average molecular weight is 272 g/mol. The van der Waals surface area contributed by atoms with Crippen molar-refractivity contribution in [1.29, 1.82) is 0 Å². The molecule has 1 N–H and O–H groups in total. The maximum Gasteiger partial charge on any atom is 0.0525 e. The van der Waals surface area contributed by atoms with Crippen LogP contribution in [0, 0.1) is 5.92 Å². The van der Waals surface area contributed by atoms with Crippen LogP contribution in [0.25, 0.3) is 10.9 Å². The second-order valence-electron chi connectivity index (χ2n) is 6.08. The number of aromatic nitrogens is 1. The van der Waals surface area contributed by atoms with Crippen molar-refractivity contribution in [2.75, 3.05) is 6.54 Å². The van der Waals surface area contributed by atoms with Gasteiger partial charge in [-0.15, -0.1) is 0 Å². The van der Waals surface area contributed by atoms with Gasteiger partial charge in [0, 0.05) is 19.3 Å². The molecule has 1 heterocycles. The molecule has 0 spiro atoms. The first-order chi connectivity index (χ1) is 9.72. The van der Waals surface area contributed by atoms with Crippen LogP contribution in [0.5, 0.6) is 0 Å². The summed E-state index contributed by atoms with van der Waals surface area (Å²) in [4.78, 5) is 0. The van der Waals surface area contributed by atoms with Gasteiger partial charge in [0.05, 0.1) is 5.52 Å². The van der Waals surface area contributed by atoms with Crippen molar-refractivity contribution in [2.24, 2.45) is 5.92 Å². The molecule has 0 saturated carbocycles. The van der Waals surface area contributed by atoms with Crippen molar-refractivity contribution in [3.05, 3.63) is 36.0 Å². The number of rotatable bonds is 8. The normalized spacial score (nSPS) is 11.6. The molecule has 2 aromatic rings. The Hall–Kier alpha value is -1.28. The highest BCUT2D eigenvalue weighted by molar-refractivity contribution is 5.83. The fourth-order valence-electron chi connectivity index (χ4n) is 2.74. The van der Waals surface area contributed by atoms with E-state index in [-0.39, 0.29) is 0 Å². The standard InChI is InChI=1S/C18H28N2/c1-4-11-19-14-17-9-5-8-16-10-13-20(18(16)17)12-6-7-15(2)3/h5,8-10,13,15,19H,4,6-7,11-12,14H2,1-3H3. The topological polar surface area (TPSA) is 17.0 Å². The molecule has 1 aromatic heterocycles. The Morgan fingerprint density at radius 1 is 1.20 bits per heavy atom. The molecule has 0 radical (unpaired) electrons. The van der Waals surface area contributed by atoms with Crippen LogP contribution >= 0.6 is 0 Å². The fraction of sp³-hybridized carbons (Fsp3) is 0.556. The molecule has 0 bridgehead atoms. The van der Waals surface area contributed by atoms with Crippen molar-refractivity contribution in [3.8, 4) is 0 Å². The Morgan fingerprint density at radius 3 is 2.80 bits per heavy atom. The first-order valence-electron chi connectivity index (χ1n) is 7.99. The first-order valence-corrected chi connectivity index (χ1v) is 7.99. The number of aryl methyl sites for hydroxylation is 1. The van der Waals surface area contributed by atoms with Gasteiger partial charge in [0.15, 0.2) is 0 Å². The summed E-state index contributed by atoms with van der Waals surface area (Å²) >= 11 is 0. The minimum absolute atomic E-state index is 0.794. The second kappa shape index (κ2) is 7.49. The van der Waals surface area contributed by atoms with Gasteiger partial charge in [-0.1, -0.05) is 39.0 Å². The van der Waals surface area contributed by atoms with Crippen LogP contribution in [0.4, 0.5) is 0 Å². The molecule has 0 aliphatic carbocycles. The van der Waals surface area contributed by atoms with E-state index in [0.717, 1.165) is 25.6 Å². The molecular formula is C18H28N2. The molecule has 0 fully saturated rings. The lowest BCUT2D eigenvalue weighted by atomic mass is 10.1. The summed E-state index contributed by atoms with van der Waals surface area (Å²) in [6, 6.07) is 8.89. The lowest BCUT2D eigenvalue weighted by molar-refractivity contribution is 0.517. The zero-order valence-corrected chi connectivity index (χ0v) is 13.2. The van der Waals surface area contributed by atoms with Gasteiger partial charge in [-0.05, 0) is 48.7 Å². The van der Waals surface area contributed by atoms with Crippen molar-refractivity contribution in [2.45, 2.75) is 53.1 Å². The number of para-hydroxylation sites is 1. The molecule has 0 amide bonds. The van der Waals surface area contributed by atoms with Crippen LogP contribution in [-0.4, -0.2) is 11.1 Å². The molecule has 0 aliphatic rings. The molecule has 2 heteroatoms. The van der Waals surface area contributed by atoms with E-state index in [1.54, 1.807) is 0 Å². The summed E-state index contributed by atoms with van der Waals surface area (Å²) in [5.74, 6) is 0.794. The van der Waals surface area contributed by atoms with Gasteiger partial charge in [-0.25, -0.2) is 0 Å². The van der Waals surface area contributed by atoms with Crippen LogP contribution in [0.2, 0.25) is 0 Å². The monoisotopic (exact) mass is 272 g/mol. The van der Waals surface area contributed by atoms with E-state index in [4.69, 9.17) is 0 Å². The fourth-order valence-corrected chi connectivity index (χ4v) is 2.74. The van der Waals surface area contributed by atoms with Gasteiger partial charge >= 0.3 is 0 Å². The molecule has 2 rings (SSSR count). The van der Waals surface area contributed by atoms with E-state index in [1.807, 2.05) is 0 Å². The van der Waals surface area contributed by atoms with Gasteiger partial charge in [0.2, 0.25) is 0 Å². The van der Waals surface area contributed by atoms with Gasteiger partial charge in [-0.3, -0.25) is 0 Å². The quantitative estimate of drug-likeness (QED) is 0.696. The van der Waals surface area contributed by atoms with E-state index in [1.165, 1.54) is 35.7 Å². The number of fused-ring (bicyclic) bond motifs is 1. The van der Waals surface area contributed by atoms with Gasteiger partial charge in [0.25, 0.3) is 0 Å². The molecule has 2 nitrogen and oxygen atoms in total. The number of hydrogen-bond acceptors (Lipinski definition) is 1. The Balaban J connectivity index is 2.13. The largest absolute Gasteiger partial charge is 0.347 e. The molecule has 0 saturated heterocycles. The van der Waals surface area contributed by atoms with Gasteiger partial charge in [-0.2, -0.15) is 0 Å². The van der Waals surface area contributed by atoms with Crippen molar-refractivity contribution in [1.82, 2.24) is 9.88 Å². The van der Waals surface area contributed by atoms with E-state index in [2.05, 4.69) is 61.1 Å². The third-order valence-corrected chi connectivity index (χ3v) is 3.79. The highest BCUT2D eigenvalue weighted by Crippen LogP contribution is 2.21. The van der Waals surface area contributed by atoms with E-state index in [9.17, 15) is 0 Å². The zero-order valence-electron chi connectivity index (χ0n) is 13.2. The van der Waals surface area contributed by atoms with Crippen molar-refractivity contribution < 1.29 is 0 Å². The van der Waals surface area contributed by atoms with Crippen LogP contribution in [0.1, 0.15) is 45.6 Å². The lowest BCUT2D eigenvalue weighted by Crippen LogP contribution is -2.14. The molecule has 0 atom stereocenters. The molecule has 0 unspecified atom stereocenters. The third-order valence-electron chi connectivity index (χ3n) is 3.79. The smallest absolute Gasteiger partial charge is 0.0525 e. The maximum atomic E-state index is 3.52. The van der Waals surface area contributed by atoms with Crippen molar-refractivity contribution >= 4 is 10.9 Å². The minimum Gasteiger partial charge on any atom is -0.347 e. The molecular weight excluding hydrogens is 244 g/mol. The molecule has 1 aromatic carbocycles. The predicted octanol–water partition coefficient (Wildman–Crippen LogP) is 4.58. The highest BCUT2D eigenvalue weighted by atomic mass is 15.0. The zero-order chi connectivity index (χ0) is 14.4. The Kier molecular flexibility index (Phi) is 5.66. The SMILES string of the molecule is CCCNCc1cccc2ccn(CCCC(C)C)c12. The molecule has 0 aliphatic heterocycles. The highest BCUT2D eigenvalue weighted by Gasteiger charge is 2.06. The Bertz CT molecular complexity index is 525. The molecule has 20 heavy (non-hydrogen) atoms. The van der Waals surface area contributed by atoms with Crippen LogP contribution in [0.15, 0.2) is 30.5 Å². The second-order valence-corrected chi connectivity index (χ2v) is 6.08. The summed E-state index contributed by atoms with van der Waals surface area (Å²) in [6.45, 7) is 10.0. The summed E-state index contributed by atoms with van der Waals surface area (Å²) in [5.41, 5.74) is 2.84. The van der Waals surface area contributed by atoms with Crippen LogP contribution in [0.3, 0.4) is 0 Å². The van der Waals surface area contributed by atoms with Crippen LogP contribution in [-0.2, 0) is 13.1 Å². The Labute approximate surface area is 123 Å². The number of nitrogens with zero attached hydrogens (tertiary/aromatic N) is 1. The first kappa shape index (κ1) is 15.1. The summed E-state index contributed by atoms with van der Waals surface area (Å²) in [5, 5.41) is 4.89. The molecule has 110 valence electrons. The number of hydrogen-bond donors (Lipinski definition) is 1. The maximum absolute atomic E-state index is 3.52. The summed E-state index contributed by atoms with van der Waals surface area (Å²) < 4.78 is 2.43. The minimum atomic E-state index is 0.794. The average Bonchev–Trinajstić information content (AvgIpc) is 2.83.